The molecule has 32 heavy (non-hydrogen) atoms. The van der Waals surface area contributed by atoms with E-state index in [1.807, 2.05) is 0 Å². The fourth-order valence-corrected chi connectivity index (χ4v) is 4.15. The molecule has 1 aliphatic carbocycles. The van der Waals surface area contributed by atoms with Crippen molar-refractivity contribution >= 4 is 11.9 Å². The Morgan fingerprint density at radius 3 is 2.47 bits per heavy atom. The molecule has 3 aromatic rings. The number of rotatable bonds is 3. The van der Waals surface area contributed by atoms with Crippen molar-refractivity contribution in [2.45, 2.75) is 38.8 Å². The Morgan fingerprint density at radius 2 is 1.81 bits per heavy atom. The van der Waals surface area contributed by atoms with Gasteiger partial charge in [0, 0.05) is 11.1 Å². The van der Waals surface area contributed by atoms with Gasteiger partial charge in [0.15, 0.2) is 0 Å². The summed E-state index contributed by atoms with van der Waals surface area (Å²) >= 11 is 0. The first kappa shape index (κ1) is 21.6. The predicted molar refractivity (Wildman–Crippen MR) is 109 cm³/mol. The van der Waals surface area contributed by atoms with Gasteiger partial charge in [0.2, 0.25) is 0 Å². The molecule has 6 nitrogen and oxygen atoms in total. The van der Waals surface area contributed by atoms with Gasteiger partial charge >= 0.3 is 12.1 Å². The highest BCUT2D eigenvalue weighted by Crippen LogP contribution is 2.37. The summed E-state index contributed by atoms with van der Waals surface area (Å²) in [5, 5.41) is 23.6. The van der Waals surface area contributed by atoms with Crippen LogP contribution in [0.1, 0.15) is 55.9 Å². The molecule has 1 heterocycles. The molecule has 0 saturated carbocycles. The van der Waals surface area contributed by atoms with Gasteiger partial charge in [-0.1, -0.05) is 18.2 Å². The third-order valence-corrected chi connectivity index (χ3v) is 5.67. The number of carbonyl (C=O) groups excluding carboxylic acids is 1. The number of hydrogen-bond acceptors (Lipinski definition) is 4. The van der Waals surface area contributed by atoms with E-state index < -0.39 is 34.9 Å². The van der Waals surface area contributed by atoms with E-state index in [9.17, 15) is 27.9 Å². The summed E-state index contributed by atoms with van der Waals surface area (Å²) in [6.07, 6.45) is -2.09. The molecule has 0 saturated heterocycles. The number of phenols is 1. The molecule has 166 valence electrons. The Kier molecular flexibility index (Phi) is 5.28. The molecule has 0 unspecified atom stereocenters. The SMILES string of the molecule is Cc1cccc(C(F)(F)F)c1C(=O)n1nc(-c2ccc(C(=O)O)c(O)c2)c2c1CCCC2. The zero-order valence-electron chi connectivity index (χ0n) is 17.0. The zero-order valence-corrected chi connectivity index (χ0v) is 17.0. The van der Waals surface area contributed by atoms with Crippen LogP contribution in [0, 0.1) is 6.92 Å². The fourth-order valence-electron chi connectivity index (χ4n) is 4.15. The number of benzene rings is 2. The minimum atomic E-state index is -4.70. The summed E-state index contributed by atoms with van der Waals surface area (Å²) in [6.45, 7) is 1.45. The second kappa shape index (κ2) is 7.81. The summed E-state index contributed by atoms with van der Waals surface area (Å²) in [5.41, 5.74) is 0.422. The van der Waals surface area contributed by atoms with Crippen LogP contribution in [-0.4, -0.2) is 31.9 Å². The van der Waals surface area contributed by atoms with Crippen LogP contribution in [0.4, 0.5) is 13.2 Å². The van der Waals surface area contributed by atoms with Gasteiger partial charge in [0.05, 0.1) is 22.5 Å². The summed E-state index contributed by atoms with van der Waals surface area (Å²) in [5.74, 6) is -2.62. The highest BCUT2D eigenvalue weighted by atomic mass is 19.4. The van der Waals surface area contributed by atoms with Crippen LogP contribution < -0.4 is 0 Å². The number of halogens is 3. The third kappa shape index (κ3) is 3.63. The largest absolute Gasteiger partial charge is 0.507 e. The minimum Gasteiger partial charge on any atom is -0.507 e. The van der Waals surface area contributed by atoms with Gasteiger partial charge in [-0.15, -0.1) is 0 Å². The third-order valence-electron chi connectivity index (χ3n) is 5.67. The molecule has 0 aliphatic heterocycles. The molecule has 0 amide bonds. The predicted octanol–water partition coefficient (Wildman–Crippen LogP) is 4.85. The van der Waals surface area contributed by atoms with Crippen LogP contribution in [0.5, 0.6) is 5.75 Å². The number of carbonyl (C=O) groups is 2. The molecule has 0 spiro atoms. The average molecular weight is 444 g/mol. The summed E-state index contributed by atoms with van der Waals surface area (Å²) in [6, 6.07) is 7.51. The van der Waals surface area contributed by atoms with E-state index >= 15 is 0 Å². The summed E-state index contributed by atoms with van der Waals surface area (Å²) in [7, 11) is 0. The quantitative estimate of drug-likeness (QED) is 0.603. The monoisotopic (exact) mass is 444 g/mol. The first-order chi connectivity index (χ1) is 15.1. The number of carboxylic acids is 1. The van der Waals surface area contributed by atoms with Crippen LogP contribution >= 0.6 is 0 Å². The lowest BCUT2D eigenvalue weighted by Gasteiger charge is -2.17. The second-order valence-electron chi connectivity index (χ2n) is 7.73. The Bertz CT molecular complexity index is 1240. The van der Waals surface area contributed by atoms with E-state index in [1.54, 1.807) is 0 Å². The normalized spacial score (nSPS) is 13.6. The Hall–Kier alpha value is -3.62. The van der Waals surface area contributed by atoms with Gasteiger partial charge in [-0.25, -0.2) is 4.79 Å². The van der Waals surface area contributed by atoms with E-state index in [2.05, 4.69) is 5.10 Å². The van der Waals surface area contributed by atoms with E-state index in [1.165, 1.54) is 37.3 Å². The van der Waals surface area contributed by atoms with Crippen LogP contribution in [0.15, 0.2) is 36.4 Å². The number of nitrogens with zero attached hydrogens (tertiary/aromatic N) is 2. The van der Waals surface area contributed by atoms with Gasteiger partial charge in [-0.3, -0.25) is 4.79 Å². The molecule has 0 fully saturated rings. The molecule has 1 aliphatic rings. The number of fused-ring (bicyclic) bond motifs is 1. The molecule has 2 aromatic carbocycles. The maximum Gasteiger partial charge on any atom is 0.417 e. The zero-order chi connectivity index (χ0) is 23.2. The molecule has 1 aromatic heterocycles. The molecule has 0 bridgehead atoms. The molecular formula is C23H19F3N2O4. The van der Waals surface area contributed by atoms with Crippen molar-refractivity contribution in [3.8, 4) is 17.0 Å². The molecule has 4 rings (SSSR count). The van der Waals surface area contributed by atoms with Gasteiger partial charge in [-0.05, 0) is 56.4 Å². The van der Waals surface area contributed by atoms with Crippen LogP contribution in [0.25, 0.3) is 11.3 Å². The number of carboxylic acid groups (broad SMARTS) is 1. The van der Waals surface area contributed by atoms with Gasteiger partial charge < -0.3 is 10.2 Å². The standard InChI is InChI=1S/C23H19F3N2O4/c1-12-5-4-7-16(23(24,25)26)19(12)21(30)28-17-8-3-2-6-14(17)20(27-28)13-9-10-15(22(31)32)18(29)11-13/h4-5,7,9-11,29H,2-3,6,8H2,1H3,(H,31,32). The number of hydrogen-bond donors (Lipinski definition) is 2. The van der Waals surface area contributed by atoms with E-state index in [4.69, 9.17) is 5.11 Å². The molecular weight excluding hydrogens is 425 g/mol. The molecule has 0 atom stereocenters. The van der Waals surface area contributed by atoms with Crippen LogP contribution in [0.3, 0.4) is 0 Å². The van der Waals surface area contributed by atoms with Gasteiger partial charge in [0.25, 0.3) is 5.91 Å². The smallest absolute Gasteiger partial charge is 0.417 e. The van der Waals surface area contributed by atoms with Crippen molar-refractivity contribution in [2.24, 2.45) is 0 Å². The van der Waals surface area contributed by atoms with Crippen molar-refractivity contribution in [3.05, 3.63) is 69.9 Å². The number of alkyl halides is 3. The fraction of sp³-hybridized carbons (Fsp3) is 0.261. The summed E-state index contributed by atoms with van der Waals surface area (Å²) < 4.78 is 41.8. The van der Waals surface area contributed by atoms with Crippen molar-refractivity contribution in [1.29, 1.82) is 0 Å². The van der Waals surface area contributed by atoms with Crippen LogP contribution in [0.2, 0.25) is 0 Å². The van der Waals surface area contributed by atoms with E-state index in [0.717, 1.165) is 23.6 Å². The molecule has 9 heteroatoms. The van der Waals surface area contributed by atoms with E-state index in [0.29, 0.717) is 35.4 Å². The molecule has 0 radical (unpaired) electrons. The van der Waals surface area contributed by atoms with Crippen molar-refractivity contribution in [2.75, 3.05) is 0 Å². The lowest BCUT2D eigenvalue weighted by atomic mass is 9.93. The lowest BCUT2D eigenvalue weighted by Crippen LogP contribution is -2.23. The first-order valence-corrected chi connectivity index (χ1v) is 9.98. The van der Waals surface area contributed by atoms with Crippen LogP contribution in [-0.2, 0) is 19.0 Å². The topological polar surface area (TPSA) is 92.4 Å². The van der Waals surface area contributed by atoms with Crippen molar-refractivity contribution in [3.63, 3.8) is 0 Å². The number of aromatic carboxylic acids is 1. The maximum atomic E-state index is 13.6. The van der Waals surface area contributed by atoms with E-state index in [-0.39, 0.29) is 11.1 Å². The summed E-state index contributed by atoms with van der Waals surface area (Å²) in [4.78, 5) is 24.5. The van der Waals surface area contributed by atoms with Gasteiger partial charge in [0.1, 0.15) is 11.3 Å². The Morgan fingerprint density at radius 1 is 1.09 bits per heavy atom. The van der Waals surface area contributed by atoms with Crippen molar-refractivity contribution in [1.82, 2.24) is 9.78 Å². The average Bonchev–Trinajstić information content (AvgIpc) is 3.12. The highest BCUT2D eigenvalue weighted by molar-refractivity contribution is 5.99. The Balaban J connectivity index is 1.88. The first-order valence-electron chi connectivity index (χ1n) is 9.98. The van der Waals surface area contributed by atoms with Gasteiger partial charge in [-0.2, -0.15) is 23.0 Å². The second-order valence-corrected chi connectivity index (χ2v) is 7.73. The maximum absolute atomic E-state index is 13.6. The number of aromatic nitrogens is 2. The highest BCUT2D eigenvalue weighted by Gasteiger charge is 2.37. The Labute approximate surface area is 180 Å². The minimum absolute atomic E-state index is 0.190. The molecule has 2 N–H and O–H groups in total. The van der Waals surface area contributed by atoms with Crippen molar-refractivity contribution < 1.29 is 33.0 Å². The number of aryl methyl sites for hydroxylation is 1. The lowest BCUT2D eigenvalue weighted by molar-refractivity contribution is -0.138. The number of aromatic hydroxyl groups is 1.